The summed E-state index contributed by atoms with van der Waals surface area (Å²) in [5, 5.41) is 8.29. The minimum Gasteiger partial charge on any atom is -0.240 e. The molecule has 148 valence electrons. The first-order valence-electron chi connectivity index (χ1n) is 9.00. The molecular weight excluding hydrogens is 388 g/mol. The highest BCUT2D eigenvalue weighted by atomic mass is 32.2. The average Bonchev–Trinajstić information content (AvgIpc) is 3.46. The van der Waals surface area contributed by atoms with Crippen LogP contribution in [0.25, 0.3) is 11.4 Å². The van der Waals surface area contributed by atoms with Crippen LogP contribution in [0.1, 0.15) is 18.5 Å². The van der Waals surface area contributed by atoms with Crippen molar-refractivity contribution in [3.05, 3.63) is 85.2 Å². The molecule has 0 fully saturated rings. The first-order valence-corrected chi connectivity index (χ1v) is 10.4. The Hall–Kier alpha value is -3.30. The van der Waals surface area contributed by atoms with Crippen molar-refractivity contribution in [1.82, 2.24) is 28.9 Å². The molecule has 1 unspecified atom stereocenters. The summed E-state index contributed by atoms with van der Waals surface area (Å²) in [4.78, 5) is 4.08. The minimum atomic E-state index is -3.70. The quantitative estimate of drug-likeness (QED) is 0.490. The summed E-state index contributed by atoms with van der Waals surface area (Å²) < 4.78 is 30.7. The predicted octanol–water partition coefficient (Wildman–Crippen LogP) is 2.83. The lowest BCUT2D eigenvalue weighted by Crippen LogP contribution is -2.29. The molecule has 4 aromatic rings. The van der Waals surface area contributed by atoms with Crippen LogP contribution in [0.3, 0.4) is 0 Å². The van der Waals surface area contributed by atoms with Gasteiger partial charge in [-0.25, -0.2) is 22.8 Å². The lowest BCUT2D eigenvalue weighted by Gasteiger charge is -2.24. The zero-order valence-corrected chi connectivity index (χ0v) is 16.8. The molecule has 29 heavy (non-hydrogen) atoms. The summed E-state index contributed by atoms with van der Waals surface area (Å²) in [7, 11) is -2.13. The molecule has 2 heterocycles. The Kier molecular flexibility index (Phi) is 4.99. The van der Waals surface area contributed by atoms with Crippen molar-refractivity contribution in [2.45, 2.75) is 17.9 Å². The molecule has 1 atom stereocenters. The number of rotatable bonds is 6. The fourth-order valence-electron chi connectivity index (χ4n) is 2.99. The SMILES string of the molecule is CC(c1ccc(-n2cncn2)cc1)N(C)S(=O)(=O)c1cnn(-c2ccccc2)c1. The van der Waals surface area contributed by atoms with Crippen LogP contribution in [-0.2, 0) is 10.0 Å². The van der Waals surface area contributed by atoms with Gasteiger partial charge in [-0.05, 0) is 36.8 Å². The molecule has 2 aromatic heterocycles. The number of sulfonamides is 1. The zero-order valence-electron chi connectivity index (χ0n) is 16.0. The third-order valence-corrected chi connectivity index (χ3v) is 6.74. The molecule has 0 saturated heterocycles. The van der Waals surface area contributed by atoms with E-state index in [0.717, 1.165) is 16.9 Å². The molecule has 0 amide bonds. The summed E-state index contributed by atoms with van der Waals surface area (Å²) >= 11 is 0. The maximum atomic E-state index is 13.1. The van der Waals surface area contributed by atoms with E-state index in [9.17, 15) is 8.42 Å². The Balaban J connectivity index is 1.56. The second kappa shape index (κ2) is 7.61. The Morgan fingerprint density at radius 3 is 2.28 bits per heavy atom. The predicted molar refractivity (Wildman–Crippen MR) is 108 cm³/mol. The molecule has 0 spiro atoms. The maximum Gasteiger partial charge on any atom is 0.246 e. The first-order chi connectivity index (χ1) is 14.0. The van der Waals surface area contributed by atoms with Gasteiger partial charge in [0, 0.05) is 13.1 Å². The van der Waals surface area contributed by atoms with Crippen LogP contribution in [0.15, 0.2) is 84.5 Å². The maximum absolute atomic E-state index is 13.1. The van der Waals surface area contributed by atoms with Crippen molar-refractivity contribution in [1.29, 1.82) is 0 Å². The van der Waals surface area contributed by atoms with Crippen molar-refractivity contribution in [2.24, 2.45) is 0 Å². The van der Waals surface area contributed by atoms with Gasteiger partial charge in [0.1, 0.15) is 17.6 Å². The molecule has 0 aliphatic rings. The van der Waals surface area contributed by atoms with Crippen molar-refractivity contribution >= 4 is 10.0 Å². The standard InChI is InChI=1S/C20H20N6O2S/c1-16(17-8-10-19(11-9-17)26-15-21-14-23-26)24(2)29(27,28)20-12-22-25(13-20)18-6-4-3-5-7-18/h3-16H,1-2H3. The van der Waals surface area contributed by atoms with Gasteiger partial charge in [0.15, 0.2) is 0 Å². The van der Waals surface area contributed by atoms with Gasteiger partial charge in [0.2, 0.25) is 10.0 Å². The van der Waals surface area contributed by atoms with Gasteiger partial charge in [-0.3, -0.25) is 0 Å². The highest BCUT2D eigenvalue weighted by Gasteiger charge is 2.27. The highest BCUT2D eigenvalue weighted by Crippen LogP contribution is 2.26. The minimum absolute atomic E-state index is 0.148. The van der Waals surface area contributed by atoms with E-state index in [1.807, 2.05) is 61.5 Å². The van der Waals surface area contributed by atoms with Gasteiger partial charge in [-0.2, -0.15) is 14.5 Å². The summed E-state index contributed by atoms with van der Waals surface area (Å²) in [6.07, 6.45) is 5.98. The van der Waals surface area contributed by atoms with Crippen LogP contribution in [0, 0.1) is 0 Å². The Morgan fingerprint density at radius 1 is 0.931 bits per heavy atom. The second-order valence-electron chi connectivity index (χ2n) is 6.58. The van der Waals surface area contributed by atoms with Gasteiger partial charge >= 0.3 is 0 Å². The van der Waals surface area contributed by atoms with Gasteiger partial charge in [-0.1, -0.05) is 30.3 Å². The van der Waals surface area contributed by atoms with Gasteiger partial charge in [-0.15, -0.1) is 0 Å². The number of hydrogen-bond donors (Lipinski definition) is 0. The summed E-state index contributed by atoms with van der Waals surface area (Å²) in [5.41, 5.74) is 2.52. The molecule has 0 aliphatic carbocycles. The van der Waals surface area contributed by atoms with Gasteiger partial charge in [0.25, 0.3) is 0 Å². The lowest BCUT2D eigenvalue weighted by molar-refractivity contribution is 0.398. The van der Waals surface area contributed by atoms with Crippen molar-refractivity contribution < 1.29 is 8.42 Å². The molecule has 0 N–H and O–H groups in total. The Bertz CT molecular complexity index is 1190. The van der Waals surface area contributed by atoms with E-state index in [-0.39, 0.29) is 10.9 Å². The average molecular weight is 408 g/mol. The molecule has 2 aromatic carbocycles. The van der Waals surface area contributed by atoms with E-state index in [4.69, 9.17) is 0 Å². The highest BCUT2D eigenvalue weighted by molar-refractivity contribution is 7.89. The summed E-state index contributed by atoms with van der Waals surface area (Å²) in [6.45, 7) is 1.85. The molecular formula is C20H20N6O2S. The third kappa shape index (κ3) is 3.69. The number of hydrogen-bond acceptors (Lipinski definition) is 5. The monoisotopic (exact) mass is 408 g/mol. The number of nitrogens with zero attached hydrogens (tertiary/aromatic N) is 6. The smallest absolute Gasteiger partial charge is 0.240 e. The second-order valence-corrected chi connectivity index (χ2v) is 8.58. The van der Waals surface area contributed by atoms with Crippen LogP contribution in [-0.4, -0.2) is 44.3 Å². The van der Waals surface area contributed by atoms with Gasteiger partial charge < -0.3 is 0 Å². The lowest BCUT2D eigenvalue weighted by atomic mass is 10.1. The zero-order chi connectivity index (χ0) is 20.4. The fraction of sp³-hybridized carbons (Fsp3) is 0.150. The Morgan fingerprint density at radius 2 is 1.62 bits per heavy atom. The normalized spacial score (nSPS) is 12.9. The van der Waals surface area contributed by atoms with Crippen molar-refractivity contribution in [3.8, 4) is 11.4 Å². The topological polar surface area (TPSA) is 85.9 Å². The van der Waals surface area contributed by atoms with Crippen LogP contribution in [0.2, 0.25) is 0 Å². The van der Waals surface area contributed by atoms with Crippen molar-refractivity contribution in [3.63, 3.8) is 0 Å². The number of benzene rings is 2. The molecule has 0 aliphatic heterocycles. The van der Waals surface area contributed by atoms with Crippen LogP contribution < -0.4 is 0 Å². The molecule has 9 heteroatoms. The van der Waals surface area contributed by atoms with Crippen LogP contribution >= 0.6 is 0 Å². The third-order valence-electron chi connectivity index (χ3n) is 4.86. The van der Waals surface area contributed by atoms with Crippen LogP contribution in [0.4, 0.5) is 0 Å². The van der Waals surface area contributed by atoms with Crippen molar-refractivity contribution in [2.75, 3.05) is 7.05 Å². The number of para-hydroxylation sites is 1. The van der Waals surface area contributed by atoms with Crippen LogP contribution in [0.5, 0.6) is 0 Å². The van der Waals surface area contributed by atoms with E-state index < -0.39 is 10.0 Å². The fourth-order valence-corrected chi connectivity index (χ4v) is 4.28. The van der Waals surface area contributed by atoms with E-state index in [1.54, 1.807) is 22.7 Å². The molecule has 0 radical (unpaired) electrons. The molecule has 4 rings (SSSR count). The molecule has 8 nitrogen and oxygen atoms in total. The van der Waals surface area contributed by atoms with E-state index >= 15 is 0 Å². The molecule has 0 bridgehead atoms. The van der Waals surface area contributed by atoms with Gasteiger partial charge in [0.05, 0.1) is 23.8 Å². The first kappa shape index (κ1) is 19.0. The largest absolute Gasteiger partial charge is 0.246 e. The van der Waals surface area contributed by atoms with E-state index in [2.05, 4.69) is 15.2 Å². The Labute approximate surface area is 169 Å². The van der Waals surface area contributed by atoms with E-state index in [1.165, 1.54) is 23.0 Å². The van der Waals surface area contributed by atoms with E-state index in [0.29, 0.717) is 0 Å². The molecule has 0 saturated carbocycles. The summed E-state index contributed by atoms with van der Waals surface area (Å²) in [6, 6.07) is 16.6. The summed E-state index contributed by atoms with van der Waals surface area (Å²) in [5.74, 6) is 0. The number of aromatic nitrogens is 5.